The van der Waals surface area contributed by atoms with Crippen LogP contribution in [0.5, 0.6) is 17.6 Å². The number of benzene rings is 2. The van der Waals surface area contributed by atoms with Crippen molar-refractivity contribution in [3.05, 3.63) is 41.5 Å². The zero-order valence-corrected chi connectivity index (χ0v) is 24.3. The van der Waals surface area contributed by atoms with E-state index in [0.29, 0.717) is 35.8 Å². The number of phenolic OH excluding ortho intramolecular Hbond substituents is 1. The number of ether oxygens (including phenoxy) is 2. The van der Waals surface area contributed by atoms with Gasteiger partial charge >= 0.3 is 6.01 Å². The molecule has 3 unspecified atom stereocenters. The predicted molar refractivity (Wildman–Crippen MR) is 161 cm³/mol. The van der Waals surface area contributed by atoms with E-state index >= 15 is 4.39 Å². The fourth-order valence-electron chi connectivity index (χ4n) is 7.09. The molecule has 2 aromatic carbocycles. The van der Waals surface area contributed by atoms with Crippen LogP contribution in [0.1, 0.15) is 44.1 Å². The molecule has 11 heteroatoms. The summed E-state index contributed by atoms with van der Waals surface area (Å²) in [4.78, 5) is 17.7. The van der Waals surface area contributed by atoms with E-state index < -0.39 is 17.8 Å². The number of aromatic nitrogens is 3. The Morgan fingerprint density at radius 2 is 1.89 bits per heavy atom. The zero-order valence-electron chi connectivity index (χ0n) is 24.3. The second kappa shape index (κ2) is 11.3. The summed E-state index contributed by atoms with van der Waals surface area (Å²) < 4.78 is 54.8. The third-order valence-corrected chi connectivity index (χ3v) is 9.12. The largest absolute Gasteiger partial charge is 0.508 e. The molecular formula is C33H32F3N5O3. The topological polar surface area (TPSA) is 83.8 Å². The number of hydrogen-bond donors (Lipinski definition) is 1. The SMILES string of the molecule is C#Cc1c(F)ccc2cc(O)cc(-c3nc4c5c(nc(OC)nc5c3F)N3CCCCC3CO4)c12.FC1CC2CCCN2C1. The minimum atomic E-state index is -0.774. The van der Waals surface area contributed by atoms with Crippen molar-refractivity contribution in [2.45, 2.75) is 56.8 Å². The molecular weight excluding hydrogens is 571 g/mol. The monoisotopic (exact) mass is 603 g/mol. The van der Waals surface area contributed by atoms with Crippen molar-refractivity contribution in [2.75, 3.05) is 38.3 Å². The number of alkyl halides is 1. The molecule has 4 aliphatic rings. The first-order chi connectivity index (χ1) is 21.4. The van der Waals surface area contributed by atoms with Crippen LogP contribution in [0.3, 0.4) is 0 Å². The lowest BCUT2D eigenvalue weighted by Gasteiger charge is -2.34. The number of anilines is 1. The molecule has 3 fully saturated rings. The number of hydrogen-bond acceptors (Lipinski definition) is 8. The van der Waals surface area contributed by atoms with Crippen molar-refractivity contribution in [1.29, 1.82) is 0 Å². The van der Waals surface area contributed by atoms with Gasteiger partial charge in [0, 0.05) is 30.1 Å². The van der Waals surface area contributed by atoms with Gasteiger partial charge in [-0.2, -0.15) is 9.97 Å². The molecule has 0 saturated carbocycles. The Bertz CT molecular complexity index is 1800. The first-order valence-electron chi connectivity index (χ1n) is 15.0. The summed E-state index contributed by atoms with van der Waals surface area (Å²) in [6.07, 6.45) is 11.3. The van der Waals surface area contributed by atoms with Crippen LogP contribution < -0.4 is 14.4 Å². The van der Waals surface area contributed by atoms with E-state index in [-0.39, 0.29) is 51.4 Å². The molecule has 2 aromatic heterocycles. The van der Waals surface area contributed by atoms with Gasteiger partial charge in [0.1, 0.15) is 46.8 Å². The number of pyridine rings is 1. The molecule has 228 valence electrons. The van der Waals surface area contributed by atoms with Crippen LogP contribution in [0.2, 0.25) is 0 Å². The molecule has 8 nitrogen and oxygen atoms in total. The third-order valence-electron chi connectivity index (χ3n) is 9.12. The maximum absolute atomic E-state index is 16.2. The molecule has 0 spiro atoms. The van der Waals surface area contributed by atoms with Gasteiger partial charge in [0.05, 0.1) is 18.7 Å². The molecule has 0 amide bonds. The maximum atomic E-state index is 16.2. The summed E-state index contributed by atoms with van der Waals surface area (Å²) in [5.74, 6) is 1.47. The Labute approximate surface area is 252 Å². The molecule has 1 N–H and O–H groups in total. The van der Waals surface area contributed by atoms with Gasteiger partial charge in [-0.25, -0.2) is 18.2 Å². The van der Waals surface area contributed by atoms with E-state index in [9.17, 15) is 13.9 Å². The van der Waals surface area contributed by atoms with Crippen LogP contribution >= 0.6 is 0 Å². The standard InChI is InChI=1S/C26H20F2N4O3.C7H12FN/c1-3-16-18(27)8-7-13-10-15(33)11-17(19(13)16)22-21(28)23-20-24(31-26(30-23)34-2)32-9-5-4-6-14(32)12-35-25(20)29-22;8-6-4-7-2-1-3-9(7)5-6/h1,7-8,10-11,14,33H,4-6,9,12H2,2H3;6-7H,1-5H2. The highest BCUT2D eigenvalue weighted by atomic mass is 19.1. The normalized spacial score (nSPS) is 22.4. The van der Waals surface area contributed by atoms with Crippen LogP contribution in [0, 0.1) is 24.0 Å². The first kappa shape index (κ1) is 28.5. The molecule has 3 saturated heterocycles. The van der Waals surface area contributed by atoms with Gasteiger partial charge in [-0.3, -0.25) is 4.90 Å². The summed E-state index contributed by atoms with van der Waals surface area (Å²) >= 11 is 0. The molecule has 3 atom stereocenters. The quantitative estimate of drug-likeness (QED) is 0.290. The number of halogens is 3. The van der Waals surface area contributed by atoms with Gasteiger partial charge < -0.3 is 19.5 Å². The van der Waals surface area contributed by atoms with E-state index in [0.717, 1.165) is 38.8 Å². The van der Waals surface area contributed by atoms with Crippen molar-refractivity contribution >= 4 is 27.5 Å². The number of rotatable bonds is 2. The van der Waals surface area contributed by atoms with Crippen molar-refractivity contribution in [3.63, 3.8) is 0 Å². The number of piperidine rings is 1. The molecule has 44 heavy (non-hydrogen) atoms. The van der Waals surface area contributed by atoms with E-state index in [1.165, 1.54) is 44.2 Å². The zero-order chi connectivity index (χ0) is 30.5. The molecule has 0 bridgehead atoms. The second-order valence-corrected chi connectivity index (χ2v) is 11.8. The van der Waals surface area contributed by atoms with Crippen molar-refractivity contribution in [3.8, 4) is 41.2 Å². The van der Waals surface area contributed by atoms with Crippen LogP contribution in [-0.2, 0) is 0 Å². The Balaban J connectivity index is 0.000000296. The van der Waals surface area contributed by atoms with E-state index in [1.807, 2.05) is 0 Å². The lowest BCUT2D eigenvalue weighted by molar-refractivity contribution is 0.259. The summed E-state index contributed by atoms with van der Waals surface area (Å²) in [6.45, 7) is 2.95. The lowest BCUT2D eigenvalue weighted by atomic mass is 9.95. The Kier molecular flexibility index (Phi) is 7.33. The van der Waals surface area contributed by atoms with E-state index in [2.05, 4.69) is 30.7 Å². The molecule has 8 rings (SSSR count). The molecule has 4 aliphatic heterocycles. The smallest absolute Gasteiger partial charge is 0.318 e. The fourth-order valence-corrected chi connectivity index (χ4v) is 7.09. The van der Waals surface area contributed by atoms with Gasteiger partial charge in [0.25, 0.3) is 0 Å². The van der Waals surface area contributed by atoms with Gasteiger partial charge in [0.2, 0.25) is 5.88 Å². The minimum Gasteiger partial charge on any atom is -0.508 e. The van der Waals surface area contributed by atoms with Gasteiger partial charge in [-0.1, -0.05) is 12.0 Å². The minimum absolute atomic E-state index is 0.0110. The number of methoxy groups -OCH3 is 1. The molecule has 0 radical (unpaired) electrons. The van der Waals surface area contributed by atoms with Crippen LogP contribution in [0.4, 0.5) is 19.0 Å². The Morgan fingerprint density at radius 1 is 1.05 bits per heavy atom. The van der Waals surface area contributed by atoms with Crippen molar-refractivity contribution in [1.82, 2.24) is 19.9 Å². The summed E-state index contributed by atoms with van der Waals surface area (Å²) in [6, 6.07) is 6.10. The van der Waals surface area contributed by atoms with Gasteiger partial charge in [-0.05, 0) is 68.7 Å². The van der Waals surface area contributed by atoms with Crippen LogP contribution in [-0.4, -0.2) is 76.6 Å². The average molecular weight is 604 g/mol. The van der Waals surface area contributed by atoms with Gasteiger partial charge in [-0.15, -0.1) is 6.42 Å². The highest BCUT2D eigenvalue weighted by Crippen LogP contribution is 2.44. The molecule has 6 heterocycles. The van der Waals surface area contributed by atoms with Crippen LogP contribution in [0.25, 0.3) is 32.9 Å². The highest BCUT2D eigenvalue weighted by Gasteiger charge is 2.35. The van der Waals surface area contributed by atoms with Crippen molar-refractivity contribution < 1.29 is 27.8 Å². The lowest BCUT2D eigenvalue weighted by Crippen LogP contribution is -2.42. The number of terminal acetylenes is 1. The number of phenols is 1. The fraction of sp³-hybridized carbons (Fsp3) is 0.424. The maximum Gasteiger partial charge on any atom is 0.318 e. The highest BCUT2D eigenvalue weighted by molar-refractivity contribution is 6.04. The second-order valence-electron chi connectivity index (χ2n) is 11.8. The Morgan fingerprint density at radius 3 is 2.68 bits per heavy atom. The summed E-state index contributed by atoms with van der Waals surface area (Å²) in [7, 11) is 1.42. The van der Waals surface area contributed by atoms with E-state index in [4.69, 9.17) is 15.9 Å². The first-order valence-corrected chi connectivity index (χ1v) is 15.0. The average Bonchev–Trinajstić information content (AvgIpc) is 3.57. The van der Waals surface area contributed by atoms with Gasteiger partial charge in [0.15, 0.2) is 5.82 Å². The Hall–Kier alpha value is -4.30. The molecule has 0 aliphatic carbocycles. The molecule has 4 aromatic rings. The van der Waals surface area contributed by atoms with Crippen molar-refractivity contribution in [2.24, 2.45) is 0 Å². The third kappa shape index (κ3) is 4.81. The van der Waals surface area contributed by atoms with E-state index in [1.54, 1.807) is 0 Å². The van der Waals surface area contributed by atoms with Crippen LogP contribution in [0.15, 0.2) is 24.3 Å². The predicted octanol–water partition coefficient (Wildman–Crippen LogP) is 5.76. The number of fused-ring (bicyclic) bond motifs is 4. The summed E-state index contributed by atoms with van der Waals surface area (Å²) in [5.41, 5.74) is -0.119. The number of aromatic hydroxyl groups is 1. The summed E-state index contributed by atoms with van der Waals surface area (Å²) in [5, 5.41) is 11.4. The number of nitrogens with zero attached hydrogens (tertiary/aromatic N) is 5.